The average Bonchev–Trinajstić information content (AvgIpc) is 2.80. The predicted molar refractivity (Wildman–Crippen MR) is 75.9 cm³/mol. The normalized spacial score (nSPS) is 27.1. The van der Waals surface area contributed by atoms with Crippen LogP contribution in [0.25, 0.3) is 0 Å². The van der Waals surface area contributed by atoms with E-state index < -0.39 is 5.92 Å². The number of carbonyl (C=O) groups is 1. The first kappa shape index (κ1) is 15.4. The SMILES string of the molecule is C[C@@H]1Cc2c(C(=O)NCCC3CC(F)(F)C3)n[nH]c2[C@H](C)O1. The number of aromatic nitrogens is 2. The summed E-state index contributed by atoms with van der Waals surface area (Å²) < 4.78 is 31.2. The molecule has 0 saturated heterocycles. The summed E-state index contributed by atoms with van der Waals surface area (Å²) in [5.74, 6) is -2.73. The minimum atomic E-state index is -2.50. The molecular weight excluding hydrogens is 292 g/mol. The van der Waals surface area contributed by atoms with Gasteiger partial charge in [-0.25, -0.2) is 8.78 Å². The molecule has 1 saturated carbocycles. The first-order chi connectivity index (χ1) is 10.4. The third-order valence-corrected chi connectivity index (χ3v) is 4.46. The Labute approximate surface area is 127 Å². The van der Waals surface area contributed by atoms with Crippen LogP contribution in [0.4, 0.5) is 8.78 Å². The van der Waals surface area contributed by atoms with E-state index in [1.165, 1.54) is 0 Å². The van der Waals surface area contributed by atoms with Crippen LogP contribution in [0.5, 0.6) is 0 Å². The maximum absolute atomic E-state index is 12.7. The zero-order valence-electron chi connectivity index (χ0n) is 12.8. The van der Waals surface area contributed by atoms with Crippen LogP contribution < -0.4 is 5.32 Å². The zero-order valence-corrected chi connectivity index (χ0v) is 12.8. The van der Waals surface area contributed by atoms with Crippen LogP contribution in [0, 0.1) is 5.92 Å². The molecule has 0 unspecified atom stereocenters. The van der Waals surface area contributed by atoms with Gasteiger partial charge in [0.15, 0.2) is 5.69 Å². The first-order valence-electron chi connectivity index (χ1n) is 7.74. The number of ether oxygens (including phenoxy) is 1. The summed E-state index contributed by atoms with van der Waals surface area (Å²) >= 11 is 0. The van der Waals surface area contributed by atoms with Gasteiger partial charge < -0.3 is 10.1 Å². The fraction of sp³-hybridized carbons (Fsp3) is 0.733. The monoisotopic (exact) mass is 313 g/mol. The van der Waals surface area contributed by atoms with Crippen molar-refractivity contribution in [1.29, 1.82) is 0 Å². The van der Waals surface area contributed by atoms with Gasteiger partial charge in [0.2, 0.25) is 5.92 Å². The van der Waals surface area contributed by atoms with E-state index >= 15 is 0 Å². The van der Waals surface area contributed by atoms with E-state index in [0.29, 0.717) is 25.1 Å². The van der Waals surface area contributed by atoms with E-state index in [9.17, 15) is 13.6 Å². The molecule has 0 aromatic carbocycles. The fourth-order valence-electron chi connectivity index (χ4n) is 3.32. The Morgan fingerprint density at radius 3 is 2.86 bits per heavy atom. The summed E-state index contributed by atoms with van der Waals surface area (Å²) in [4.78, 5) is 12.2. The van der Waals surface area contributed by atoms with Gasteiger partial charge >= 0.3 is 0 Å². The van der Waals surface area contributed by atoms with Crippen LogP contribution in [0.15, 0.2) is 0 Å². The number of nitrogens with zero attached hydrogens (tertiary/aromatic N) is 1. The minimum Gasteiger partial charge on any atom is -0.369 e. The molecular formula is C15H21F2N3O2. The fourth-order valence-corrected chi connectivity index (χ4v) is 3.32. The van der Waals surface area contributed by atoms with Crippen molar-refractivity contribution in [2.45, 2.75) is 57.7 Å². The van der Waals surface area contributed by atoms with Gasteiger partial charge in [0.25, 0.3) is 5.91 Å². The van der Waals surface area contributed by atoms with Gasteiger partial charge in [-0.1, -0.05) is 0 Å². The van der Waals surface area contributed by atoms with Crippen molar-refractivity contribution < 1.29 is 18.3 Å². The summed E-state index contributed by atoms with van der Waals surface area (Å²) in [5, 5.41) is 9.76. The smallest absolute Gasteiger partial charge is 0.272 e. The maximum Gasteiger partial charge on any atom is 0.272 e. The lowest BCUT2D eigenvalue weighted by atomic mass is 9.79. The number of halogens is 2. The van der Waals surface area contributed by atoms with Gasteiger partial charge in [-0.2, -0.15) is 5.10 Å². The molecule has 2 aliphatic rings. The van der Waals surface area contributed by atoms with Gasteiger partial charge in [0, 0.05) is 31.4 Å². The molecule has 1 amide bonds. The number of fused-ring (bicyclic) bond motifs is 1. The number of nitrogens with one attached hydrogen (secondary N) is 2. The number of carbonyl (C=O) groups excluding carboxylic acids is 1. The van der Waals surface area contributed by atoms with Crippen LogP contribution in [-0.2, 0) is 11.2 Å². The molecule has 1 aromatic heterocycles. The largest absolute Gasteiger partial charge is 0.369 e. The Kier molecular flexibility index (Phi) is 3.92. The number of rotatable bonds is 4. The molecule has 3 rings (SSSR count). The van der Waals surface area contributed by atoms with E-state index in [1.807, 2.05) is 13.8 Å². The first-order valence-corrected chi connectivity index (χ1v) is 7.74. The Morgan fingerprint density at radius 1 is 1.45 bits per heavy atom. The number of hydrogen-bond acceptors (Lipinski definition) is 3. The van der Waals surface area contributed by atoms with Gasteiger partial charge in [-0.15, -0.1) is 0 Å². The second-order valence-electron chi connectivity index (χ2n) is 6.43. The second-order valence-corrected chi connectivity index (χ2v) is 6.43. The predicted octanol–water partition coefficient (Wildman–Crippen LogP) is 2.60. The molecule has 22 heavy (non-hydrogen) atoms. The van der Waals surface area contributed by atoms with Crippen LogP contribution in [0.2, 0.25) is 0 Å². The molecule has 7 heteroatoms. The standard InChI is InChI=1S/C15H21F2N3O2/c1-8-5-11-12(9(2)22-8)19-20-13(11)14(21)18-4-3-10-6-15(16,17)7-10/h8-10H,3-7H2,1-2H3,(H,18,21)(H,19,20)/t8-,9+/m1/s1. The number of alkyl halides is 2. The lowest BCUT2D eigenvalue weighted by Crippen LogP contribution is -2.37. The number of amides is 1. The number of aromatic amines is 1. The highest BCUT2D eigenvalue weighted by Crippen LogP contribution is 2.43. The summed E-state index contributed by atoms with van der Waals surface area (Å²) in [6.07, 6.45) is 1.05. The van der Waals surface area contributed by atoms with Crippen LogP contribution in [0.3, 0.4) is 0 Å². The van der Waals surface area contributed by atoms with Crippen molar-refractivity contribution in [3.05, 3.63) is 17.0 Å². The molecule has 1 aromatic rings. The minimum absolute atomic E-state index is 0.0110. The topological polar surface area (TPSA) is 67.0 Å². The third kappa shape index (κ3) is 2.99. The van der Waals surface area contributed by atoms with E-state index in [-0.39, 0.29) is 36.9 Å². The van der Waals surface area contributed by atoms with Crippen molar-refractivity contribution >= 4 is 5.91 Å². The van der Waals surface area contributed by atoms with Gasteiger partial charge in [-0.3, -0.25) is 9.89 Å². The second kappa shape index (κ2) is 5.61. The van der Waals surface area contributed by atoms with Crippen LogP contribution >= 0.6 is 0 Å². The van der Waals surface area contributed by atoms with Crippen molar-refractivity contribution in [1.82, 2.24) is 15.5 Å². The maximum atomic E-state index is 12.7. The molecule has 122 valence electrons. The quantitative estimate of drug-likeness (QED) is 0.898. The molecule has 0 bridgehead atoms. The van der Waals surface area contributed by atoms with Crippen molar-refractivity contribution in [2.75, 3.05) is 6.54 Å². The third-order valence-electron chi connectivity index (χ3n) is 4.46. The number of hydrogen-bond donors (Lipinski definition) is 2. The molecule has 2 N–H and O–H groups in total. The zero-order chi connectivity index (χ0) is 15.9. The van der Waals surface area contributed by atoms with E-state index in [4.69, 9.17) is 4.74 Å². The Hall–Kier alpha value is -1.50. The summed E-state index contributed by atoms with van der Waals surface area (Å²) in [5.41, 5.74) is 2.15. The molecule has 1 aliphatic heterocycles. The van der Waals surface area contributed by atoms with Crippen molar-refractivity contribution in [2.24, 2.45) is 5.92 Å². The van der Waals surface area contributed by atoms with E-state index in [1.54, 1.807) is 0 Å². The molecule has 0 radical (unpaired) electrons. The highest BCUT2D eigenvalue weighted by molar-refractivity contribution is 5.94. The van der Waals surface area contributed by atoms with Crippen LogP contribution in [-0.4, -0.2) is 34.7 Å². The molecule has 1 fully saturated rings. The van der Waals surface area contributed by atoms with Crippen molar-refractivity contribution in [3.63, 3.8) is 0 Å². The van der Waals surface area contributed by atoms with Gasteiger partial charge in [0.1, 0.15) is 0 Å². The molecule has 0 spiro atoms. The van der Waals surface area contributed by atoms with Crippen molar-refractivity contribution in [3.8, 4) is 0 Å². The molecule has 2 heterocycles. The Balaban J connectivity index is 1.55. The molecule has 2 atom stereocenters. The van der Waals surface area contributed by atoms with Gasteiger partial charge in [-0.05, 0) is 26.2 Å². The van der Waals surface area contributed by atoms with E-state index in [0.717, 1.165) is 11.3 Å². The molecule has 5 nitrogen and oxygen atoms in total. The Morgan fingerprint density at radius 2 is 2.18 bits per heavy atom. The summed E-state index contributed by atoms with van der Waals surface area (Å²) in [6, 6.07) is 0. The highest BCUT2D eigenvalue weighted by atomic mass is 19.3. The number of H-pyrrole nitrogens is 1. The molecule has 1 aliphatic carbocycles. The average molecular weight is 313 g/mol. The summed E-state index contributed by atoms with van der Waals surface area (Å²) in [6.45, 7) is 4.29. The van der Waals surface area contributed by atoms with E-state index in [2.05, 4.69) is 15.5 Å². The lowest BCUT2D eigenvalue weighted by molar-refractivity contribution is -0.111. The van der Waals surface area contributed by atoms with Gasteiger partial charge in [0.05, 0.1) is 17.9 Å². The Bertz CT molecular complexity index is 565. The van der Waals surface area contributed by atoms with Crippen LogP contribution in [0.1, 0.15) is 61.0 Å². The highest BCUT2D eigenvalue weighted by Gasteiger charge is 2.44. The lowest BCUT2D eigenvalue weighted by Gasteiger charge is -2.34. The summed E-state index contributed by atoms with van der Waals surface area (Å²) in [7, 11) is 0.